The summed E-state index contributed by atoms with van der Waals surface area (Å²) < 4.78 is 6.77. The lowest BCUT2D eigenvalue weighted by Gasteiger charge is -2.28. The lowest BCUT2D eigenvalue weighted by atomic mass is 10.1. The summed E-state index contributed by atoms with van der Waals surface area (Å²) in [6.07, 6.45) is 3.79. The quantitative estimate of drug-likeness (QED) is 0.582. The van der Waals surface area contributed by atoms with Crippen molar-refractivity contribution in [2.45, 2.75) is 24.4 Å². The van der Waals surface area contributed by atoms with E-state index in [1.165, 1.54) is 36.7 Å². The van der Waals surface area contributed by atoms with Gasteiger partial charge >= 0.3 is 0 Å². The van der Waals surface area contributed by atoms with Crippen molar-refractivity contribution in [2.75, 3.05) is 36.2 Å². The van der Waals surface area contributed by atoms with Crippen LogP contribution < -0.4 is 15.0 Å². The van der Waals surface area contributed by atoms with E-state index >= 15 is 0 Å². The first kappa shape index (κ1) is 20.2. The molecule has 8 nitrogen and oxygen atoms in total. The Balaban J connectivity index is 1.32. The van der Waals surface area contributed by atoms with Crippen molar-refractivity contribution >= 4 is 29.0 Å². The van der Waals surface area contributed by atoms with Gasteiger partial charge in [0.1, 0.15) is 5.75 Å². The maximum absolute atomic E-state index is 12.4. The molecule has 0 saturated carbocycles. The van der Waals surface area contributed by atoms with Crippen LogP contribution in [-0.2, 0) is 4.79 Å². The van der Waals surface area contributed by atoms with Gasteiger partial charge < -0.3 is 15.0 Å². The standard InChI is InChI=1S/C21H24N6O2S/c1-29-19-11-9-18(10-12-19)27-21(23-24-25-27)30-15-20(28)22-16-5-7-17(8-6-16)26-13-3-2-4-14-26/h5-12H,2-4,13-15H2,1H3,(H,22,28). The number of carbonyl (C=O) groups excluding carboxylic acids is 1. The first-order valence-electron chi connectivity index (χ1n) is 9.93. The monoisotopic (exact) mass is 424 g/mol. The second kappa shape index (κ2) is 9.62. The van der Waals surface area contributed by atoms with Crippen molar-refractivity contribution in [1.29, 1.82) is 0 Å². The molecule has 1 N–H and O–H groups in total. The number of tetrazole rings is 1. The Hall–Kier alpha value is -3.07. The molecule has 1 fully saturated rings. The molecule has 2 heterocycles. The molecular weight excluding hydrogens is 400 g/mol. The van der Waals surface area contributed by atoms with Crippen LogP contribution in [0.15, 0.2) is 53.7 Å². The molecule has 0 radical (unpaired) electrons. The number of nitrogens with one attached hydrogen (secondary N) is 1. The summed E-state index contributed by atoms with van der Waals surface area (Å²) in [6.45, 7) is 2.20. The topological polar surface area (TPSA) is 85.2 Å². The highest BCUT2D eigenvalue weighted by molar-refractivity contribution is 7.99. The molecule has 30 heavy (non-hydrogen) atoms. The van der Waals surface area contributed by atoms with Gasteiger partial charge in [-0.2, -0.15) is 4.68 Å². The van der Waals surface area contributed by atoms with Crippen molar-refractivity contribution in [3.8, 4) is 11.4 Å². The van der Waals surface area contributed by atoms with Crippen molar-refractivity contribution in [2.24, 2.45) is 0 Å². The van der Waals surface area contributed by atoms with E-state index in [-0.39, 0.29) is 11.7 Å². The average Bonchev–Trinajstić information content (AvgIpc) is 3.27. The molecule has 0 spiro atoms. The second-order valence-electron chi connectivity index (χ2n) is 7.00. The summed E-state index contributed by atoms with van der Waals surface area (Å²) in [5.41, 5.74) is 2.80. The predicted molar refractivity (Wildman–Crippen MR) is 118 cm³/mol. The number of rotatable bonds is 7. The van der Waals surface area contributed by atoms with Gasteiger partial charge in [0.15, 0.2) is 0 Å². The summed E-state index contributed by atoms with van der Waals surface area (Å²) in [7, 11) is 1.62. The smallest absolute Gasteiger partial charge is 0.234 e. The van der Waals surface area contributed by atoms with Crippen LogP contribution in [0.4, 0.5) is 11.4 Å². The van der Waals surface area contributed by atoms with Crippen molar-refractivity contribution in [1.82, 2.24) is 20.2 Å². The summed E-state index contributed by atoms with van der Waals surface area (Å²) in [4.78, 5) is 14.8. The summed E-state index contributed by atoms with van der Waals surface area (Å²) in [5, 5.41) is 15.3. The molecule has 0 unspecified atom stereocenters. The highest BCUT2D eigenvalue weighted by Gasteiger charge is 2.13. The highest BCUT2D eigenvalue weighted by Crippen LogP contribution is 2.23. The molecule has 2 aromatic carbocycles. The summed E-state index contributed by atoms with van der Waals surface area (Å²) in [6, 6.07) is 15.4. The minimum atomic E-state index is -0.102. The zero-order valence-corrected chi connectivity index (χ0v) is 17.6. The number of nitrogens with zero attached hydrogens (tertiary/aromatic N) is 5. The van der Waals surface area contributed by atoms with Gasteiger partial charge in [-0.1, -0.05) is 11.8 Å². The summed E-state index contributed by atoms with van der Waals surface area (Å²) in [5.74, 6) is 0.867. The highest BCUT2D eigenvalue weighted by atomic mass is 32.2. The van der Waals surface area contributed by atoms with Crippen LogP contribution in [0.2, 0.25) is 0 Å². The molecule has 9 heteroatoms. The lowest BCUT2D eigenvalue weighted by molar-refractivity contribution is -0.113. The minimum Gasteiger partial charge on any atom is -0.497 e. The second-order valence-corrected chi connectivity index (χ2v) is 7.95. The maximum atomic E-state index is 12.4. The van der Waals surface area contributed by atoms with E-state index in [1.807, 2.05) is 36.4 Å². The molecular formula is C21H24N6O2S. The van der Waals surface area contributed by atoms with Crippen LogP contribution in [0, 0.1) is 0 Å². The zero-order chi connectivity index (χ0) is 20.8. The van der Waals surface area contributed by atoms with Gasteiger partial charge in [-0.05, 0) is 78.2 Å². The van der Waals surface area contributed by atoms with Crippen LogP contribution in [0.3, 0.4) is 0 Å². The number of hydrogen-bond donors (Lipinski definition) is 1. The Bertz CT molecular complexity index is 968. The molecule has 1 saturated heterocycles. The van der Waals surface area contributed by atoms with Crippen LogP contribution in [0.1, 0.15) is 19.3 Å². The molecule has 1 amide bonds. The third-order valence-electron chi connectivity index (χ3n) is 4.96. The normalized spacial score (nSPS) is 13.8. The van der Waals surface area contributed by atoms with Gasteiger partial charge in [-0.15, -0.1) is 5.10 Å². The number of carbonyl (C=O) groups is 1. The Morgan fingerprint density at radius 1 is 1.03 bits per heavy atom. The fraction of sp³-hybridized carbons (Fsp3) is 0.333. The number of hydrogen-bond acceptors (Lipinski definition) is 7. The molecule has 156 valence electrons. The number of aromatic nitrogens is 4. The molecule has 1 aliphatic rings. The molecule has 0 bridgehead atoms. The number of methoxy groups -OCH3 is 1. The number of piperidine rings is 1. The molecule has 0 atom stereocenters. The van der Waals surface area contributed by atoms with Gasteiger partial charge in [0.25, 0.3) is 0 Å². The zero-order valence-electron chi connectivity index (χ0n) is 16.8. The van der Waals surface area contributed by atoms with E-state index in [0.717, 1.165) is 30.2 Å². The molecule has 4 rings (SSSR count). The first-order valence-corrected chi connectivity index (χ1v) is 10.9. The van der Waals surface area contributed by atoms with Gasteiger partial charge in [-0.3, -0.25) is 4.79 Å². The van der Waals surface area contributed by atoms with Crippen molar-refractivity contribution < 1.29 is 9.53 Å². The number of amides is 1. The van der Waals surface area contributed by atoms with Gasteiger partial charge in [-0.25, -0.2) is 0 Å². The van der Waals surface area contributed by atoms with Crippen molar-refractivity contribution in [3.05, 3.63) is 48.5 Å². The fourth-order valence-corrected chi connectivity index (χ4v) is 4.08. The third-order valence-corrected chi connectivity index (χ3v) is 5.88. The fourth-order valence-electron chi connectivity index (χ4n) is 3.39. The van der Waals surface area contributed by atoms with Crippen LogP contribution in [-0.4, -0.2) is 52.1 Å². The summed E-state index contributed by atoms with van der Waals surface area (Å²) >= 11 is 1.29. The van der Waals surface area contributed by atoms with Crippen molar-refractivity contribution in [3.63, 3.8) is 0 Å². The van der Waals surface area contributed by atoms with E-state index in [1.54, 1.807) is 11.8 Å². The van der Waals surface area contributed by atoms with Crippen LogP contribution >= 0.6 is 11.8 Å². The van der Waals surface area contributed by atoms with Crippen LogP contribution in [0.25, 0.3) is 5.69 Å². The Labute approximate surface area is 179 Å². The first-order chi connectivity index (χ1) is 14.7. The molecule has 0 aliphatic carbocycles. The third kappa shape index (κ3) is 4.91. The Kier molecular flexibility index (Phi) is 6.48. The van der Waals surface area contributed by atoms with Gasteiger partial charge in [0.05, 0.1) is 18.6 Å². The molecule has 3 aromatic rings. The predicted octanol–water partition coefficient (Wildman–Crippen LogP) is 3.39. The van der Waals surface area contributed by atoms with E-state index in [4.69, 9.17) is 4.74 Å². The van der Waals surface area contributed by atoms with Crippen LogP contribution in [0.5, 0.6) is 5.75 Å². The number of thioether (sulfide) groups is 1. The van der Waals surface area contributed by atoms with E-state index in [2.05, 4.69) is 37.9 Å². The largest absolute Gasteiger partial charge is 0.497 e. The van der Waals surface area contributed by atoms with E-state index in [9.17, 15) is 4.79 Å². The van der Waals surface area contributed by atoms with E-state index in [0.29, 0.717) is 5.16 Å². The SMILES string of the molecule is COc1ccc(-n2nnnc2SCC(=O)Nc2ccc(N3CCCCC3)cc2)cc1. The van der Waals surface area contributed by atoms with Gasteiger partial charge in [0.2, 0.25) is 11.1 Å². The Morgan fingerprint density at radius 3 is 2.43 bits per heavy atom. The minimum absolute atomic E-state index is 0.102. The number of anilines is 2. The Morgan fingerprint density at radius 2 is 1.73 bits per heavy atom. The molecule has 1 aromatic heterocycles. The van der Waals surface area contributed by atoms with E-state index < -0.39 is 0 Å². The number of ether oxygens (including phenoxy) is 1. The number of benzene rings is 2. The molecule has 1 aliphatic heterocycles. The van der Waals surface area contributed by atoms with Gasteiger partial charge in [0, 0.05) is 24.5 Å². The maximum Gasteiger partial charge on any atom is 0.234 e. The lowest BCUT2D eigenvalue weighted by Crippen LogP contribution is -2.29. The average molecular weight is 425 g/mol.